The summed E-state index contributed by atoms with van der Waals surface area (Å²) in [4.78, 5) is 8.89. The van der Waals surface area contributed by atoms with Gasteiger partial charge in [-0.2, -0.15) is 5.26 Å². The van der Waals surface area contributed by atoms with Gasteiger partial charge in [0.25, 0.3) is 0 Å². The van der Waals surface area contributed by atoms with Crippen LogP contribution in [0.1, 0.15) is 18.9 Å². The van der Waals surface area contributed by atoms with E-state index in [2.05, 4.69) is 41.9 Å². The number of nitrogens with zero attached hydrogens (tertiary/aromatic N) is 4. The van der Waals surface area contributed by atoms with E-state index in [1.165, 1.54) is 0 Å². The van der Waals surface area contributed by atoms with Crippen LogP contribution in [-0.2, 0) is 0 Å². The fourth-order valence-electron chi connectivity index (χ4n) is 2.14. The minimum Gasteiger partial charge on any atom is -0.355 e. The highest BCUT2D eigenvalue weighted by molar-refractivity contribution is 5.43. The Morgan fingerprint density at radius 3 is 2.71 bits per heavy atom. The zero-order chi connectivity index (χ0) is 12.5. The van der Waals surface area contributed by atoms with Gasteiger partial charge in [-0.25, -0.2) is 4.98 Å². The van der Waals surface area contributed by atoms with E-state index in [9.17, 15) is 0 Å². The fraction of sp³-hybridized carbons (Fsp3) is 0.538. The maximum atomic E-state index is 8.74. The van der Waals surface area contributed by atoms with Crippen molar-refractivity contribution < 1.29 is 0 Å². The predicted molar refractivity (Wildman–Crippen MR) is 67.9 cm³/mol. The molecule has 2 rings (SSSR count). The maximum Gasteiger partial charge on any atom is 0.128 e. The van der Waals surface area contributed by atoms with Gasteiger partial charge in [0.15, 0.2) is 0 Å². The summed E-state index contributed by atoms with van der Waals surface area (Å²) in [6.07, 6.45) is 2.78. The molecule has 0 aromatic carbocycles. The molecule has 2 heterocycles. The minimum absolute atomic E-state index is 0.218. The molecule has 17 heavy (non-hydrogen) atoms. The lowest BCUT2D eigenvalue weighted by Gasteiger charge is -2.32. The van der Waals surface area contributed by atoms with Crippen LogP contribution in [0.2, 0.25) is 0 Å². The zero-order valence-corrected chi connectivity index (χ0v) is 10.6. The fourth-order valence-corrected chi connectivity index (χ4v) is 2.14. The second kappa shape index (κ2) is 4.34. The van der Waals surface area contributed by atoms with Crippen molar-refractivity contribution in [1.29, 1.82) is 5.26 Å². The summed E-state index contributed by atoms with van der Waals surface area (Å²) in [5, 5.41) is 8.74. The van der Waals surface area contributed by atoms with Gasteiger partial charge in [-0.15, -0.1) is 0 Å². The molecule has 1 saturated heterocycles. The molecule has 1 unspecified atom stereocenters. The minimum atomic E-state index is 0.218. The van der Waals surface area contributed by atoms with Crippen molar-refractivity contribution in [1.82, 2.24) is 9.88 Å². The third-order valence-electron chi connectivity index (χ3n) is 3.73. The number of aromatic nitrogens is 1. The average Bonchev–Trinajstić information content (AvgIpc) is 2.74. The lowest BCUT2D eigenvalue weighted by atomic mass is 10.0. The summed E-state index contributed by atoms with van der Waals surface area (Å²) in [5.41, 5.74) is 0.832. The highest BCUT2D eigenvalue weighted by Crippen LogP contribution is 2.28. The van der Waals surface area contributed by atoms with Gasteiger partial charge >= 0.3 is 0 Å². The molecule has 0 amide bonds. The molecule has 0 saturated carbocycles. The summed E-state index contributed by atoms with van der Waals surface area (Å²) in [7, 11) is 4.24. The van der Waals surface area contributed by atoms with Crippen LogP contribution in [0.5, 0.6) is 0 Å². The first-order valence-corrected chi connectivity index (χ1v) is 5.84. The maximum absolute atomic E-state index is 8.74. The molecule has 4 heteroatoms. The first kappa shape index (κ1) is 11.9. The Balaban J connectivity index is 2.13. The van der Waals surface area contributed by atoms with E-state index < -0.39 is 0 Å². The zero-order valence-electron chi connectivity index (χ0n) is 10.6. The third-order valence-corrected chi connectivity index (χ3v) is 3.73. The molecule has 90 valence electrons. The topological polar surface area (TPSA) is 43.2 Å². The quantitative estimate of drug-likeness (QED) is 0.772. The van der Waals surface area contributed by atoms with Crippen molar-refractivity contribution in [3.05, 3.63) is 23.9 Å². The smallest absolute Gasteiger partial charge is 0.128 e. The normalized spacial score (nSPS) is 24.1. The molecular weight excluding hydrogens is 212 g/mol. The molecular formula is C13H18N4. The number of hydrogen-bond donors (Lipinski definition) is 0. The van der Waals surface area contributed by atoms with Crippen LogP contribution in [0.15, 0.2) is 18.3 Å². The van der Waals surface area contributed by atoms with Gasteiger partial charge in [-0.05, 0) is 39.6 Å². The van der Waals surface area contributed by atoms with Crippen molar-refractivity contribution in [2.75, 3.05) is 32.1 Å². The Labute approximate surface area is 102 Å². The van der Waals surface area contributed by atoms with Crippen LogP contribution in [-0.4, -0.2) is 42.6 Å². The third kappa shape index (κ3) is 2.25. The SMILES string of the molecule is CN(C)C1(C)CCN(c2ccc(C#N)cn2)C1. The summed E-state index contributed by atoms with van der Waals surface area (Å²) in [5.74, 6) is 0.967. The molecule has 0 radical (unpaired) electrons. The van der Waals surface area contributed by atoms with Gasteiger partial charge in [0.05, 0.1) is 5.56 Å². The number of pyridine rings is 1. The molecule has 4 nitrogen and oxygen atoms in total. The van der Waals surface area contributed by atoms with Gasteiger partial charge in [-0.1, -0.05) is 0 Å². The van der Waals surface area contributed by atoms with E-state index >= 15 is 0 Å². The van der Waals surface area contributed by atoms with Crippen LogP contribution in [0.25, 0.3) is 0 Å². The van der Waals surface area contributed by atoms with Crippen LogP contribution in [0.4, 0.5) is 5.82 Å². The molecule has 1 aromatic heterocycles. The molecule has 1 aromatic rings. The second-order valence-electron chi connectivity index (χ2n) is 5.08. The van der Waals surface area contributed by atoms with Crippen molar-refractivity contribution in [2.45, 2.75) is 18.9 Å². The lowest BCUT2D eigenvalue weighted by molar-refractivity contribution is 0.198. The highest BCUT2D eigenvalue weighted by Gasteiger charge is 2.35. The Morgan fingerprint density at radius 1 is 1.47 bits per heavy atom. The van der Waals surface area contributed by atoms with Crippen molar-refractivity contribution in [3.63, 3.8) is 0 Å². The summed E-state index contributed by atoms with van der Waals surface area (Å²) >= 11 is 0. The predicted octanol–water partition coefficient (Wildman–Crippen LogP) is 1.48. The van der Waals surface area contributed by atoms with E-state index in [4.69, 9.17) is 5.26 Å². The van der Waals surface area contributed by atoms with Crippen molar-refractivity contribution in [2.24, 2.45) is 0 Å². The van der Waals surface area contributed by atoms with Crippen LogP contribution in [0, 0.1) is 11.3 Å². The van der Waals surface area contributed by atoms with E-state index in [0.29, 0.717) is 5.56 Å². The molecule has 1 aliphatic rings. The molecule has 0 spiro atoms. The number of likely N-dealkylation sites (N-methyl/N-ethyl adjacent to an activating group) is 1. The van der Waals surface area contributed by atoms with Crippen LogP contribution in [0.3, 0.4) is 0 Å². The van der Waals surface area contributed by atoms with Gasteiger partial charge in [0.2, 0.25) is 0 Å². The first-order chi connectivity index (χ1) is 8.05. The summed E-state index contributed by atoms with van der Waals surface area (Å²) in [6.45, 7) is 4.28. The monoisotopic (exact) mass is 230 g/mol. The molecule has 1 aliphatic heterocycles. The van der Waals surface area contributed by atoms with Gasteiger partial charge in [0, 0.05) is 24.8 Å². The number of rotatable bonds is 2. The first-order valence-electron chi connectivity index (χ1n) is 5.84. The van der Waals surface area contributed by atoms with E-state index in [1.54, 1.807) is 6.20 Å². The molecule has 1 fully saturated rings. The molecule has 0 bridgehead atoms. The van der Waals surface area contributed by atoms with Crippen LogP contribution < -0.4 is 4.90 Å². The van der Waals surface area contributed by atoms with Crippen molar-refractivity contribution >= 4 is 5.82 Å². The van der Waals surface area contributed by atoms with Gasteiger partial charge < -0.3 is 9.80 Å². The lowest BCUT2D eigenvalue weighted by Crippen LogP contribution is -2.43. The second-order valence-corrected chi connectivity index (χ2v) is 5.08. The molecule has 1 atom stereocenters. The standard InChI is InChI=1S/C13H18N4/c1-13(16(2)3)6-7-17(10-13)12-5-4-11(8-14)9-15-12/h4-5,9H,6-7,10H2,1-3H3. The Kier molecular flexibility index (Phi) is 3.03. The van der Waals surface area contributed by atoms with Gasteiger partial charge in [-0.3, -0.25) is 0 Å². The number of nitriles is 1. The average molecular weight is 230 g/mol. The van der Waals surface area contributed by atoms with E-state index in [0.717, 1.165) is 25.3 Å². The summed E-state index contributed by atoms with van der Waals surface area (Å²) in [6, 6.07) is 5.85. The Morgan fingerprint density at radius 2 is 2.24 bits per heavy atom. The molecule has 0 N–H and O–H groups in total. The van der Waals surface area contributed by atoms with Gasteiger partial charge in [0.1, 0.15) is 11.9 Å². The van der Waals surface area contributed by atoms with E-state index in [-0.39, 0.29) is 5.54 Å². The summed E-state index contributed by atoms with van der Waals surface area (Å²) < 4.78 is 0. The number of anilines is 1. The highest BCUT2D eigenvalue weighted by atomic mass is 15.3. The van der Waals surface area contributed by atoms with Crippen molar-refractivity contribution in [3.8, 4) is 6.07 Å². The van der Waals surface area contributed by atoms with E-state index in [1.807, 2.05) is 12.1 Å². The Hall–Kier alpha value is -1.60. The number of hydrogen-bond acceptors (Lipinski definition) is 4. The largest absolute Gasteiger partial charge is 0.355 e. The van der Waals surface area contributed by atoms with Crippen LogP contribution >= 0.6 is 0 Å². The molecule has 0 aliphatic carbocycles. The Bertz CT molecular complexity index is 432.